The van der Waals surface area contributed by atoms with Gasteiger partial charge in [0.1, 0.15) is 0 Å². The second kappa shape index (κ2) is 2.78. The van der Waals surface area contributed by atoms with Gasteiger partial charge in [0.15, 0.2) is 0 Å². The molecule has 0 spiro atoms. The van der Waals surface area contributed by atoms with Crippen LogP contribution in [0.4, 0.5) is 0 Å². The molecule has 0 bridgehead atoms. The molecule has 3 unspecified atom stereocenters. The molecule has 1 heteroatoms. The van der Waals surface area contributed by atoms with Crippen LogP contribution in [0.3, 0.4) is 0 Å². The molecule has 0 aromatic rings. The van der Waals surface area contributed by atoms with Crippen LogP contribution in [-0.2, 0) is 0 Å². The molecule has 1 fully saturated rings. The largest absolute Gasteiger partial charge is 0.328 e. The van der Waals surface area contributed by atoms with Crippen molar-refractivity contribution in [3.05, 3.63) is 0 Å². The van der Waals surface area contributed by atoms with Gasteiger partial charge < -0.3 is 5.73 Å². The van der Waals surface area contributed by atoms with Crippen LogP contribution >= 0.6 is 0 Å². The minimum absolute atomic E-state index is 0.361. The van der Waals surface area contributed by atoms with E-state index in [4.69, 9.17) is 5.73 Å². The lowest BCUT2D eigenvalue weighted by molar-refractivity contribution is 0.0189. The maximum Gasteiger partial charge on any atom is 0.00389 e. The smallest absolute Gasteiger partial charge is 0.00389 e. The Kier molecular flexibility index (Phi) is 2.29. The van der Waals surface area contributed by atoms with E-state index in [1.54, 1.807) is 0 Å². The van der Waals surface area contributed by atoms with Crippen molar-refractivity contribution in [1.29, 1.82) is 0 Å². The maximum atomic E-state index is 5.87. The van der Waals surface area contributed by atoms with Crippen LogP contribution < -0.4 is 5.73 Å². The van der Waals surface area contributed by atoms with Gasteiger partial charge in [-0.3, -0.25) is 0 Å². The molecule has 66 valence electrons. The van der Waals surface area contributed by atoms with Gasteiger partial charge in [0.25, 0.3) is 0 Å². The molecule has 2 N–H and O–H groups in total. The number of nitrogens with two attached hydrogens (primary N) is 1. The highest BCUT2D eigenvalue weighted by atomic mass is 14.7. The second-order valence-electron chi connectivity index (χ2n) is 4.85. The zero-order valence-electron chi connectivity index (χ0n) is 8.22. The molecule has 0 radical (unpaired) electrons. The summed E-state index contributed by atoms with van der Waals surface area (Å²) in [4.78, 5) is 0. The van der Waals surface area contributed by atoms with Crippen LogP contribution in [0, 0.1) is 17.3 Å². The molecule has 0 aromatic carbocycles. The molecule has 0 heterocycles. The molecule has 0 amide bonds. The SMILES string of the molecule is CC(N)C(C)C1CCC1(C)C. The molecule has 1 aliphatic rings. The van der Waals surface area contributed by atoms with Gasteiger partial charge in [0.2, 0.25) is 0 Å². The molecular formula is C10H21N. The van der Waals surface area contributed by atoms with E-state index in [-0.39, 0.29) is 0 Å². The first-order chi connectivity index (χ1) is 4.95. The minimum atomic E-state index is 0.361. The van der Waals surface area contributed by atoms with E-state index in [1.807, 2.05) is 0 Å². The zero-order chi connectivity index (χ0) is 8.65. The Hall–Kier alpha value is -0.0400. The van der Waals surface area contributed by atoms with Crippen molar-refractivity contribution in [3.63, 3.8) is 0 Å². The van der Waals surface area contributed by atoms with Crippen molar-refractivity contribution < 1.29 is 0 Å². The Morgan fingerprint density at radius 3 is 2.00 bits per heavy atom. The van der Waals surface area contributed by atoms with Crippen molar-refractivity contribution in [3.8, 4) is 0 Å². The van der Waals surface area contributed by atoms with E-state index in [2.05, 4.69) is 27.7 Å². The third-order valence-electron chi connectivity index (χ3n) is 3.57. The van der Waals surface area contributed by atoms with E-state index in [1.165, 1.54) is 12.8 Å². The van der Waals surface area contributed by atoms with E-state index >= 15 is 0 Å². The summed E-state index contributed by atoms with van der Waals surface area (Å²) in [5, 5.41) is 0. The van der Waals surface area contributed by atoms with E-state index < -0.39 is 0 Å². The van der Waals surface area contributed by atoms with Gasteiger partial charge in [-0.15, -0.1) is 0 Å². The molecular weight excluding hydrogens is 134 g/mol. The fourth-order valence-electron chi connectivity index (χ4n) is 2.23. The summed E-state index contributed by atoms with van der Waals surface area (Å²) in [6, 6.07) is 0.361. The molecule has 3 atom stereocenters. The fourth-order valence-corrected chi connectivity index (χ4v) is 2.23. The Morgan fingerprint density at radius 2 is 1.91 bits per heavy atom. The second-order valence-corrected chi connectivity index (χ2v) is 4.85. The third-order valence-corrected chi connectivity index (χ3v) is 3.57. The highest BCUT2D eigenvalue weighted by molar-refractivity contribution is 4.93. The van der Waals surface area contributed by atoms with Crippen molar-refractivity contribution in [1.82, 2.24) is 0 Å². The first kappa shape index (κ1) is 9.05. The highest BCUT2D eigenvalue weighted by Gasteiger charge is 2.42. The Balaban J connectivity index is 2.49. The zero-order valence-corrected chi connectivity index (χ0v) is 8.22. The lowest BCUT2D eigenvalue weighted by Crippen LogP contribution is -2.44. The molecule has 1 saturated carbocycles. The summed E-state index contributed by atoms with van der Waals surface area (Å²) in [6.45, 7) is 9.13. The van der Waals surface area contributed by atoms with Gasteiger partial charge in [-0.2, -0.15) is 0 Å². The van der Waals surface area contributed by atoms with Crippen LogP contribution in [0.1, 0.15) is 40.5 Å². The molecule has 11 heavy (non-hydrogen) atoms. The number of hydrogen-bond acceptors (Lipinski definition) is 1. The fraction of sp³-hybridized carbons (Fsp3) is 1.00. The molecule has 0 aliphatic heterocycles. The van der Waals surface area contributed by atoms with E-state index in [0.29, 0.717) is 17.4 Å². The monoisotopic (exact) mass is 155 g/mol. The average Bonchev–Trinajstić information content (AvgIpc) is 1.85. The lowest BCUT2D eigenvalue weighted by Gasteiger charge is -2.49. The Bertz CT molecular complexity index is 138. The molecule has 0 aromatic heterocycles. The van der Waals surface area contributed by atoms with Crippen LogP contribution in [-0.4, -0.2) is 6.04 Å². The summed E-state index contributed by atoms with van der Waals surface area (Å²) in [6.07, 6.45) is 2.77. The van der Waals surface area contributed by atoms with Gasteiger partial charge in [-0.05, 0) is 37.0 Å². The van der Waals surface area contributed by atoms with Crippen LogP contribution in [0.25, 0.3) is 0 Å². The number of rotatable bonds is 2. The normalized spacial score (nSPS) is 34.1. The van der Waals surface area contributed by atoms with E-state index in [0.717, 1.165) is 5.92 Å². The minimum Gasteiger partial charge on any atom is -0.328 e. The maximum absolute atomic E-state index is 5.87. The average molecular weight is 155 g/mol. The first-order valence-corrected chi connectivity index (χ1v) is 4.71. The molecule has 1 aliphatic carbocycles. The van der Waals surface area contributed by atoms with Gasteiger partial charge in [-0.1, -0.05) is 20.8 Å². The summed E-state index contributed by atoms with van der Waals surface area (Å²) in [5.41, 5.74) is 6.43. The Morgan fingerprint density at radius 1 is 1.36 bits per heavy atom. The van der Waals surface area contributed by atoms with Gasteiger partial charge in [0, 0.05) is 6.04 Å². The van der Waals surface area contributed by atoms with Crippen molar-refractivity contribution in [2.45, 2.75) is 46.6 Å². The standard InChI is InChI=1S/C10H21N/c1-7(8(2)11)9-5-6-10(9,3)4/h7-9H,5-6,11H2,1-4H3. The summed E-state index contributed by atoms with van der Waals surface area (Å²) in [7, 11) is 0. The first-order valence-electron chi connectivity index (χ1n) is 4.71. The van der Waals surface area contributed by atoms with E-state index in [9.17, 15) is 0 Å². The lowest BCUT2D eigenvalue weighted by atomic mass is 9.57. The molecule has 0 saturated heterocycles. The van der Waals surface area contributed by atoms with Crippen LogP contribution in [0.5, 0.6) is 0 Å². The van der Waals surface area contributed by atoms with Crippen LogP contribution in [0.2, 0.25) is 0 Å². The van der Waals surface area contributed by atoms with Crippen molar-refractivity contribution >= 4 is 0 Å². The summed E-state index contributed by atoms with van der Waals surface area (Å²) < 4.78 is 0. The predicted molar refractivity (Wildman–Crippen MR) is 49.3 cm³/mol. The molecule has 1 rings (SSSR count). The van der Waals surface area contributed by atoms with Gasteiger partial charge >= 0.3 is 0 Å². The predicted octanol–water partition coefficient (Wildman–Crippen LogP) is 2.41. The summed E-state index contributed by atoms with van der Waals surface area (Å²) >= 11 is 0. The topological polar surface area (TPSA) is 26.0 Å². The Labute approximate surface area is 70.4 Å². The molecule has 1 nitrogen and oxygen atoms in total. The quantitative estimate of drug-likeness (QED) is 0.651. The highest BCUT2D eigenvalue weighted by Crippen LogP contribution is 2.50. The van der Waals surface area contributed by atoms with Gasteiger partial charge in [0.05, 0.1) is 0 Å². The van der Waals surface area contributed by atoms with Gasteiger partial charge in [-0.25, -0.2) is 0 Å². The third kappa shape index (κ3) is 1.58. The van der Waals surface area contributed by atoms with Crippen molar-refractivity contribution in [2.24, 2.45) is 23.0 Å². The summed E-state index contributed by atoms with van der Waals surface area (Å²) in [5.74, 6) is 1.56. The number of hydrogen-bond donors (Lipinski definition) is 1. The van der Waals surface area contributed by atoms with Crippen molar-refractivity contribution in [2.75, 3.05) is 0 Å². The van der Waals surface area contributed by atoms with Crippen LogP contribution in [0.15, 0.2) is 0 Å².